The van der Waals surface area contributed by atoms with Gasteiger partial charge in [0.1, 0.15) is 5.78 Å². The minimum Gasteiger partial charge on any atom is -0.393 e. The maximum Gasteiger partial charge on any atom is 0.155 e. The summed E-state index contributed by atoms with van der Waals surface area (Å²) in [5.74, 6) is 1.71. The molecule has 4 aliphatic carbocycles. The lowest BCUT2D eigenvalue weighted by molar-refractivity contribution is -0.147. The maximum absolute atomic E-state index is 12.4. The second-order valence-electron chi connectivity index (χ2n) is 8.54. The summed E-state index contributed by atoms with van der Waals surface area (Å²) in [6, 6.07) is 0. The SMILES string of the molecule is C[C@]12CCC(=O)C=C1CCC1C2[C@H](O)C[C@]2(C)C(=O)CCC12. The van der Waals surface area contributed by atoms with Crippen molar-refractivity contribution in [1.82, 2.24) is 0 Å². The molecule has 3 nitrogen and oxygen atoms in total. The van der Waals surface area contributed by atoms with E-state index in [9.17, 15) is 14.7 Å². The molecule has 3 saturated carbocycles. The molecule has 6 atom stereocenters. The number of hydrogen-bond donors (Lipinski definition) is 1. The van der Waals surface area contributed by atoms with Crippen LogP contribution in [0.2, 0.25) is 0 Å². The largest absolute Gasteiger partial charge is 0.393 e. The Labute approximate surface area is 132 Å². The number of aliphatic hydroxyl groups excluding tert-OH is 1. The van der Waals surface area contributed by atoms with Crippen LogP contribution < -0.4 is 0 Å². The number of carbonyl (C=O) groups excluding carboxylic acids is 2. The van der Waals surface area contributed by atoms with Gasteiger partial charge in [-0.3, -0.25) is 9.59 Å². The molecule has 0 bridgehead atoms. The van der Waals surface area contributed by atoms with E-state index in [1.807, 2.05) is 6.08 Å². The monoisotopic (exact) mass is 302 g/mol. The summed E-state index contributed by atoms with van der Waals surface area (Å²) >= 11 is 0. The van der Waals surface area contributed by atoms with Crippen LogP contribution in [0.25, 0.3) is 0 Å². The van der Waals surface area contributed by atoms with Gasteiger partial charge in [0.2, 0.25) is 0 Å². The molecule has 3 heteroatoms. The van der Waals surface area contributed by atoms with Crippen LogP contribution in [0, 0.1) is 28.6 Å². The van der Waals surface area contributed by atoms with Crippen LogP contribution >= 0.6 is 0 Å². The lowest BCUT2D eigenvalue weighted by atomic mass is 9.46. The lowest BCUT2D eigenvalue weighted by Gasteiger charge is -2.58. The van der Waals surface area contributed by atoms with Gasteiger partial charge < -0.3 is 5.11 Å². The molecule has 0 aromatic heterocycles. The van der Waals surface area contributed by atoms with Crippen molar-refractivity contribution in [3.05, 3.63) is 11.6 Å². The molecular formula is C19H26O3. The number of Topliss-reactive ketones (excluding diaryl/α,β-unsaturated/α-hetero) is 1. The van der Waals surface area contributed by atoms with Crippen LogP contribution in [-0.2, 0) is 9.59 Å². The minimum atomic E-state index is -0.407. The molecule has 0 aromatic carbocycles. The van der Waals surface area contributed by atoms with E-state index >= 15 is 0 Å². The van der Waals surface area contributed by atoms with Gasteiger partial charge in [-0.25, -0.2) is 0 Å². The molecule has 0 saturated heterocycles. The second-order valence-corrected chi connectivity index (χ2v) is 8.54. The molecule has 0 amide bonds. The van der Waals surface area contributed by atoms with Crippen molar-refractivity contribution in [3.63, 3.8) is 0 Å². The molecule has 0 aliphatic heterocycles. The molecule has 0 aromatic rings. The Morgan fingerprint density at radius 1 is 1.09 bits per heavy atom. The lowest BCUT2D eigenvalue weighted by Crippen LogP contribution is -2.56. The number of allylic oxidation sites excluding steroid dienone is 1. The summed E-state index contributed by atoms with van der Waals surface area (Å²) in [5.41, 5.74) is 0.920. The van der Waals surface area contributed by atoms with Crippen molar-refractivity contribution in [3.8, 4) is 0 Å². The van der Waals surface area contributed by atoms with Gasteiger partial charge in [-0.2, -0.15) is 0 Å². The van der Waals surface area contributed by atoms with E-state index in [-0.39, 0.29) is 22.5 Å². The van der Waals surface area contributed by atoms with Gasteiger partial charge >= 0.3 is 0 Å². The summed E-state index contributed by atoms with van der Waals surface area (Å²) in [6.07, 6.45) is 7.24. The predicted molar refractivity (Wildman–Crippen MR) is 83.1 cm³/mol. The van der Waals surface area contributed by atoms with Crippen LogP contribution in [0.1, 0.15) is 58.8 Å². The van der Waals surface area contributed by atoms with Crippen LogP contribution in [0.4, 0.5) is 0 Å². The van der Waals surface area contributed by atoms with Gasteiger partial charge in [0.05, 0.1) is 6.10 Å². The first-order valence-electron chi connectivity index (χ1n) is 8.81. The quantitative estimate of drug-likeness (QED) is 0.748. The highest BCUT2D eigenvalue weighted by Crippen LogP contribution is 2.64. The summed E-state index contributed by atoms with van der Waals surface area (Å²) in [5, 5.41) is 10.9. The standard InChI is InChI=1S/C19H26O3/c1-18-8-7-12(20)9-11(18)3-4-13-14-5-6-16(22)19(14,2)10-15(21)17(13)18/h9,13-15,17,21H,3-8,10H2,1-2H3/t13?,14?,15-,17?,18+,19+/m1/s1. The fraction of sp³-hybridized carbons (Fsp3) is 0.789. The van der Waals surface area contributed by atoms with E-state index < -0.39 is 6.10 Å². The highest BCUT2D eigenvalue weighted by molar-refractivity contribution is 5.91. The normalized spacial score (nSPS) is 51.0. The zero-order valence-electron chi connectivity index (χ0n) is 13.6. The van der Waals surface area contributed by atoms with Gasteiger partial charge in [-0.1, -0.05) is 19.4 Å². The maximum atomic E-state index is 12.4. The Kier molecular flexibility index (Phi) is 3.01. The number of ketones is 2. The molecule has 4 rings (SSSR count). The number of rotatable bonds is 0. The zero-order chi connectivity index (χ0) is 15.7. The minimum absolute atomic E-state index is 0.0385. The van der Waals surface area contributed by atoms with Crippen LogP contribution in [0.3, 0.4) is 0 Å². The fourth-order valence-electron chi connectivity index (χ4n) is 6.46. The molecule has 3 unspecified atom stereocenters. The van der Waals surface area contributed by atoms with Crippen molar-refractivity contribution in [2.75, 3.05) is 0 Å². The van der Waals surface area contributed by atoms with Crippen LogP contribution in [-0.4, -0.2) is 22.8 Å². The first kappa shape index (κ1) is 14.6. The first-order valence-corrected chi connectivity index (χ1v) is 8.81. The molecular weight excluding hydrogens is 276 g/mol. The van der Waals surface area contributed by atoms with Gasteiger partial charge in [0, 0.05) is 18.3 Å². The Morgan fingerprint density at radius 2 is 1.86 bits per heavy atom. The van der Waals surface area contributed by atoms with Crippen molar-refractivity contribution in [2.24, 2.45) is 28.6 Å². The molecule has 3 fully saturated rings. The smallest absolute Gasteiger partial charge is 0.155 e. The van der Waals surface area contributed by atoms with Gasteiger partial charge in [0.15, 0.2) is 5.78 Å². The molecule has 0 radical (unpaired) electrons. The number of hydrogen-bond acceptors (Lipinski definition) is 3. The van der Waals surface area contributed by atoms with Gasteiger partial charge in [0.25, 0.3) is 0 Å². The molecule has 120 valence electrons. The van der Waals surface area contributed by atoms with E-state index in [1.165, 1.54) is 5.57 Å². The second kappa shape index (κ2) is 4.53. The topological polar surface area (TPSA) is 54.4 Å². The molecule has 1 N–H and O–H groups in total. The third-order valence-corrected chi connectivity index (χ3v) is 7.61. The molecule has 0 spiro atoms. The first-order chi connectivity index (χ1) is 10.4. The summed E-state index contributed by atoms with van der Waals surface area (Å²) < 4.78 is 0. The van der Waals surface area contributed by atoms with Gasteiger partial charge in [-0.05, 0) is 61.3 Å². The fourth-order valence-corrected chi connectivity index (χ4v) is 6.46. The number of aliphatic hydroxyl groups is 1. The van der Waals surface area contributed by atoms with E-state index in [1.54, 1.807) is 0 Å². The van der Waals surface area contributed by atoms with Crippen molar-refractivity contribution < 1.29 is 14.7 Å². The molecule has 0 heterocycles. The summed E-state index contributed by atoms with van der Waals surface area (Å²) in [6.45, 7) is 4.34. The van der Waals surface area contributed by atoms with E-state index in [0.717, 1.165) is 25.7 Å². The highest BCUT2D eigenvalue weighted by Gasteiger charge is 2.61. The van der Waals surface area contributed by atoms with Crippen molar-refractivity contribution in [2.45, 2.75) is 64.9 Å². The summed E-state index contributed by atoms with van der Waals surface area (Å²) in [7, 11) is 0. The average molecular weight is 302 g/mol. The highest BCUT2D eigenvalue weighted by atomic mass is 16.3. The Bertz CT molecular complexity index is 577. The van der Waals surface area contributed by atoms with E-state index in [4.69, 9.17) is 0 Å². The van der Waals surface area contributed by atoms with Crippen LogP contribution in [0.5, 0.6) is 0 Å². The number of fused-ring (bicyclic) bond motifs is 5. The Hall–Kier alpha value is -0.960. The summed E-state index contributed by atoms with van der Waals surface area (Å²) in [4.78, 5) is 24.2. The van der Waals surface area contributed by atoms with Crippen LogP contribution in [0.15, 0.2) is 11.6 Å². The van der Waals surface area contributed by atoms with E-state index in [2.05, 4.69) is 13.8 Å². The van der Waals surface area contributed by atoms with Crippen molar-refractivity contribution >= 4 is 11.6 Å². The Morgan fingerprint density at radius 3 is 2.64 bits per heavy atom. The average Bonchev–Trinajstić information content (AvgIpc) is 2.75. The van der Waals surface area contributed by atoms with Gasteiger partial charge in [-0.15, -0.1) is 0 Å². The Balaban J connectivity index is 1.75. The molecule has 22 heavy (non-hydrogen) atoms. The third-order valence-electron chi connectivity index (χ3n) is 7.61. The molecule has 4 aliphatic rings. The number of carbonyl (C=O) groups is 2. The third kappa shape index (κ3) is 1.72. The predicted octanol–water partition coefficient (Wildman–Crippen LogP) is 3.06. The zero-order valence-corrected chi connectivity index (χ0v) is 13.6. The van der Waals surface area contributed by atoms with E-state index in [0.29, 0.717) is 36.9 Å². The van der Waals surface area contributed by atoms with Crippen molar-refractivity contribution in [1.29, 1.82) is 0 Å².